The molecule has 4 heteroatoms. The number of carbonyl (C=O) groups is 1. The molecule has 2 atom stereocenters. The predicted octanol–water partition coefficient (Wildman–Crippen LogP) is 3.05. The maximum absolute atomic E-state index is 12.5. The van der Waals surface area contributed by atoms with Gasteiger partial charge >= 0.3 is 0 Å². The number of likely N-dealkylation sites (tertiary alicyclic amines) is 1. The van der Waals surface area contributed by atoms with Gasteiger partial charge < -0.3 is 9.47 Å². The van der Waals surface area contributed by atoms with E-state index >= 15 is 0 Å². The van der Waals surface area contributed by atoms with Gasteiger partial charge in [0.15, 0.2) is 0 Å². The normalized spacial score (nSPS) is 27.3. The lowest BCUT2D eigenvalue weighted by atomic mass is 9.78. The molecular formula is C14H19BrN2O. The lowest BCUT2D eigenvalue weighted by Crippen LogP contribution is -2.46. The van der Waals surface area contributed by atoms with E-state index in [4.69, 9.17) is 0 Å². The third-order valence-electron chi connectivity index (χ3n) is 4.33. The number of aromatic nitrogens is 1. The number of carbonyl (C=O) groups excluding carboxylic acids is 1. The molecule has 1 saturated carbocycles. The predicted molar refractivity (Wildman–Crippen MR) is 74.5 cm³/mol. The average Bonchev–Trinajstić information content (AvgIpc) is 2.67. The molecule has 98 valence electrons. The molecule has 1 aliphatic heterocycles. The van der Waals surface area contributed by atoms with E-state index in [9.17, 15) is 4.79 Å². The zero-order chi connectivity index (χ0) is 12.7. The third kappa shape index (κ3) is 2.22. The molecule has 0 radical (unpaired) electrons. The summed E-state index contributed by atoms with van der Waals surface area (Å²) in [6.07, 6.45) is 7.24. The Morgan fingerprint density at radius 3 is 2.56 bits per heavy atom. The van der Waals surface area contributed by atoms with Crippen LogP contribution < -0.4 is 0 Å². The van der Waals surface area contributed by atoms with Gasteiger partial charge in [-0.05, 0) is 53.1 Å². The van der Waals surface area contributed by atoms with Crippen LogP contribution in [-0.2, 0) is 7.05 Å². The second-order valence-corrected chi connectivity index (χ2v) is 6.68. The summed E-state index contributed by atoms with van der Waals surface area (Å²) in [5.74, 6) is 1.68. The van der Waals surface area contributed by atoms with E-state index < -0.39 is 0 Å². The molecule has 18 heavy (non-hydrogen) atoms. The third-order valence-corrected chi connectivity index (χ3v) is 4.76. The van der Waals surface area contributed by atoms with Crippen LogP contribution >= 0.6 is 15.9 Å². The van der Waals surface area contributed by atoms with Crippen molar-refractivity contribution in [1.82, 2.24) is 9.47 Å². The van der Waals surface area contributed by atoms with Crippen molar-refractivity contribution in [2.45, 2.75) is 25.7 Å². The van der Waals surface area contributed by atoms with Gasteiger partial charge in [0, 0.05) is 30.8 Å². The lowest BCUT2D eigenvalue weighted by molar-refractivity contribution is 0.0495. The number of halogens is 1. The fourth-order valence-electron chi connectivity index (χ4n) is 3.50. The standard InChI is InChI=1S/C14H19BrN2O/c1-16-9-12(15)6-13(16)14(18)17-7-10-3-2-4-11(5-10)8-17/h6,9-11H,2-5,7-8H2,1H3. The molecule has 2 aliphatic rings. The van der Waals surface area contributed by atoms with Crippen molar-refractivity contribution < 1.29 is 4.79 Å². The summed E-state index contributed by atoms with van der Waals surface area (Å²) >= 11 is 3.43. The second-order valence-electron chi connectivity index (χ2n) is 5.76. The molecule has 0 N–H and O–H groups in total. The minimum Gasteiger partial charge on any atom is -0.345 e. The molecule has 1 aliphatic carbocycles. The van der Waals surface area contributed by atoms with Crippen molar-refractivity contribution in [3.05, 3.63) is 22.4 Å². The van der Waals surface area contributed by atoms with Gasteiger partial charge in [0.25, 0.3) is 5.91 Å². The molecule has 1 aromatic heterocycles. The first kappa shape index (κ1) is 12.3. The van der Waals surface area contributed by atoms with Crippen LogP contribution in [-0.4, -0.2) is 28.5 Å². The van der Waals surface area contributed by atoms with Gasteiger partial charge in [0.2, 0.25) is 0 Å². The lowest BCUT2D eigenvalue weighted by Gasteiger charge is -2.41. The van der Waals surface area contributed by atoms with Crippen LogP contribution in [0.25, 0.3) is 0 Å². The summed E-state index contributed by atoms with van der Waals surface area (Å²) in [6, 6.07) is 1.92. The largest absolute Gasteiger partial charge is 0.345 e. The smallest absolute Gasteiger partial charge is 0.270 e. The fraction of sp³-hybridized carbons (Fsp3) is 0.643. The maximum atomic E-state index is 12.5. The van der Waals surface area contributed by atoms with Crippen molar-refractivity contribution in [3.63, 3.8) is 0 Å². The molecule has 0 spiro atoms. The Morgan fingerprint density at radius 1 is 1.33 bits per heavy atom. The first-order chi connectivity index (χ1) is 8.63. The molecule has 2 fully saturated rings. The number of aryl methyl sites for hydroxylation is 1. The molecule has 1 amide bonds. The summed E-state index contributed by atoms with van der Waals surface area (Å²) in [5, 5.41) is 0. The maximum Gasteiger partial charge on any atom is 0.270 e. The van der Waals surface area contributed by atoms with Crippen molar-refractivity contribution in [1.29, 1.82) is 0 Å². The molecule has 1 saturated heterocycles. The van der Waals surface area contributed by atoms with Crippen molar-refractivity contribution >= 4 is 21.8 Å². The first-order valence-corrected chi connectivity index (χ1v) is 7.54. The summed E-state index contributed by atoms with van der Waals surface area (Å²) in [6.45, 7) is 1.91. The SMILES string of the molecule is Cn1cc(Br)cc1C(=O)N1CC2CCCC(C2)C1. The second kappa shape index (κ2) is 4.72. The van der Waals surface area contributed by atoms with Crippen LogP contribution in [0.2, 0.25) is 0 Å². The Morgan fingerprint density at radius 2 is 2.00 bits per heavy atom. The van der Waals surface area contributed by atoms with E-state index in [0.717, 1.165) is 35.1 Å². The van der Waals surface area contributed by atoms with Crippen molar-refractivity contribution in [2.75, 3.05) is 13.1 Å². The summed E-state index contributed by atoms with van der Waals surface area (Å²) in [4.78, 5) is 14.6. The van der Waals surface area contributed by atoms with E-state index in [1.165, 1.54) is 25.7 Å². The Bertz CT molecular complexity index is 456. The van der Waals surface area contributed by atoms with Crippen LogP contribution in [0.1, 0.15) is 36.2 Å². The molecule has 2 bridgehead atoms. The Kier molecular flexibility index (Phi) is 3.22. The van der Waals surface area contributed by atoms with Gasteiger partial charge in [-0.2, -0.15) is 0 Å². The molecule has 2 heterocycles. The Labute approximate surface area is 116 Å². The number of hydrogen-bond acceptors (Lipinski definition) is 1. The topological polar surface area (TPSA) is 25.2 Å². The van der Waals surface area contributed by atoms with Crippen molar-refractivity contribution in [2.24, 2.45) is 18.9 Å². The molecule has 3 nitrogen and oxygen atoms in total. The number of rotatable bonds is 1. The quantitative estimate of drug-likeness (QED) is 0.782. The zero-order valence-corrected chi connectivity index (χ0v) is 12.3. The molecule has 3 rings (SSSR count). The van der Waals surface area contributed by atoms with Gasteiger partial charge in [0.1, 0.15) is 5.69 Å². The van der Waals surface area contributed by atoms with Crippen LogP contribution in [0.4, 0.5) is 0 Å². The fourth-order valence-corrected chi connectivity index (χ4v) is 4.02. The Hall–Kier alpha value is -0.770. The van der Waals surface area contributed by atoms with Gasteiger partial charge in [0.05, 0.1) is 0 Å². The first-order valence-electron chi connectivity index (χ1n) is 6.74. The number of piperidine rings is 1. The van der Waals surface area contributed by atoms with Gasteiger partial charge in [-0.3, -0.25) is 4.79 Å². The van der Waals surface area contributed by atoms with E-state index in [1.54, 1.807) is 0 Å². The number of nitrogens with zero attached hydrogens (tertiary/aromatic N) is 2. The molecule has 1 aromatic rings. The summed E-state index contributed by atoms with van der Waals surface area (Å²) in [5.41, 5.74) is 0.793. The highest BCUT2D eigenvalue weighted by molar-refractivity contribution is 9.10. The monoisotopic (exact) mass is 310 g/mol. The van der Waals surface area contributed by atoms with E-state index in [2.05, 4.69) is 20.8 Å². The van der Waals surface area contributed by atoms with Crippen LogP contribution in [0.5, 0.6) is 0 Å². The van der Waals surface area contributed by atoms with Crippen LogP contribution in [0.15, 0.2) is 16.7 Å². The van der Waals surface area contributed by atoms with E-state index in [-0.39, 0.29) is 5.91 Å². The summed E-state index contributed by atoms with van der Waals surface area (Å²) < 4.78 is 2.89. The van der Waals surface area contributed by atoms with Gasteiger partial charge in [-0.15, -0.1) is 0 Å². The van der Waals surface area contributed by atoms with E-state index in [0.29, 0.717) is 0 Å². The van der Waals surface area contributed by atoms with E-state index in [1.807, 2.05) is 23.9 Å². The highest BCUT2D eigenvalue weighted by atomic mass is 79.9. The minimum atomic E-state index is 0.194. The minimum absolute atomic E-state index is 0.194. The Balaban J connectivity index is 1.78. The summed E-state index contributed by atoms with van der Waals surface area (Å²) in [7, 11) is 1.93. The highest BCUT2D eigenvalue weighted by Gasteiger charge is 2.33. The van der Waals surface area contributed by atoms with Gasteiger partial charge in [-0.1, -0.05) is 6.42 Å². The van der Waals surface area contributed by atoms with Crippen LogP contribution in [0.3, 0.4) is 0 Å². The number of fused-ring (bicyclic) bond motifs is 2. The molecule has 0 aromatic carbocycles. The number of hydrogen-bond donors (Lipinski definition) is 0. The molecule has 2 unspecified atom stereocenters. The van der Waals surface area contributed by atoms with Crippen LogP contribution in [0, 0.1) is 11.8 Å². The average molecular weight is 311 g/mol. The zero-order valence-electron chi connectivity index (χ0n) is 10.7. The highest BCUT2D eigenvalue weighted by Crippen LogP contribution is 2.34. The molecular weight excluding hydrogens is 292 g/mol. The van der Waals surface area contributed by atoms with Crippen molar-refractivity contribution in [3.8, 4) is 0 Å². The van der Waals surface area contributed by atoms with Gasteiger partial charge in [-0.25, -0.2) is 0 Å². The number of amides is 1.